The molecule has 0 saturated heterocycles. The Balaban J connectivity index is 3.08. The number of hydrogen-bond acceptors (Lipinski definition) is 3. The molecule has 0 heterocycles. The zero-order valence-corrected chi connectivity index (χ0v) is 10.1. The van der Waals surface area contributed by atoms with E-state index in [2.05, 4.69) is 0 Å². The molecule has 0 N–H and O–H groups in total. The second kappa shape index (κ2) is 5.74. The maximum Gasteiger partial charge on any atom is 0.310 e. The van der Waals surface area contributed by atoms with Gasteiger partial charge < -0.3 is 4.74 Å². The van der Waals surface area contributed by atoms with Crippen LogP contribution in [0.15, 0.2) is 12.1 Å². The quantitative estimate of drug-likeness (QED) is 0.783. The fourth-order valence-corrected chi connectivity index (χ4v) is 1.69. The first-order chi connectivity index (χ1) is 7.60. The summed E-state index contributed by atoms with van der Waals surface area (Å²) in [5, 5.41) is 9.55. The van der Waals surface area contributed by atoms with Crippen LogP contribution in [-0.4, -0.2) is 12.6 Å². The van der Waals surface area contributed by atoms with Crippen LogP contribution in [0.25, 0.3) is 0 Å². The fraction of sp³-hybridized carbons (Fsp3) is 0.273. The lowest BCUT2D eigenvalue weighted by molar-refractivity contribution is -0.142. The Morgan fingerprint density at radius 2 is 2.06 bits per heavy atom. The Hall–Kier alpha value is -1.24. The van der Waals surface area contributed by atoms with Crippen molar-refractivity contribution in [2.45, 2.75) is 13.3 Å². The highest BCUT2D eigenvalue weighted by Crippen LogP contribution is 2.27. The third-order valence-corrected chi connectivity index (χ3v) is 2.61. The number of ether oxygens (including phenoxy) is 1. The van der Waals surface area contributed by atoms with E-state index in [4.69, 9.17) is 33.2 Å². The van der Waals surface area contributed by atoms with Gasteiger partial charge in [-0.05, 0) is 19.1 Å². The molecule has 5 heteroatoms. The van der Waals surface area contributed by atoms with Crippen molar-refractivity contribution in [2.75, 3.05) is 6.61 Å². The van der Waals surface area contributed by atoms with Crippen LogP contribution in [-0.2, 0) is 16.0 Å². The number of esters is 1. The minimum atomic E-state index is -0.428. The van der Waals surface area contributed by atoms with Gasteiger partial charge in [0, 0.05) is 10.6 Å². The number of rotatable bonds is 3. The highest BCUT2D eigenvalue weighted by Gasteiger charge is 2.15. The van der Waals surface area contributed by atoms with E-state index in [-0.39, 0.29) is 17.0 Å². The van der Waals surface area contributed by atoms with Crippen molar-refractivity contribution in [3.05, 3.63) is 33.3 Å². The van der Waals surface area contributed by atoms with E-state index in [1.807, 2.05) is 6.07 Å². The molecule has 0 fully saturated rings. The molecule has 0 aromatic heterocycles. The number of nitrogens with zero attached hydrogens (tertiary/aromatic N) is 1. The van der Waals surface area contributed by atoms with Crippen molar-refractivity contribution in [2.24, 2.45) is 0 Å². The summed E-state index contributed by atoms with van der Waals surface area (Å²) in [6.45, 7) is 2.00. The molecule has 16 heavy (non-hydrogen) atoms. The average molecular weight is 258 g/mol. The van der Waals surface area contributed by atoms with Crippen molar-refractivity contribution in [3.63, 3.8) is 0 Å². The minimum Gasteiger partial charge on any atom is -0.466 e. The molecule has 0 radical (unpaired) electrons. The monoisotopic (exact) mass is 257 g/mol. The van der Waals surface area contributed by atoms with E-state index in [0.29, 0.717) is 17.2 Å². The van der Waals surface area contributed by atoms with Crippen molar-refractivity contribution in [3.8, 4) is 6.07 Å². The van der Waals surface area contributed by atoms with Crippen molar-refractivity contribution in [1.82, 2.24) is 0 Å². The summed E-state index contributed by atoms with van der Waals surface area (Å²) in [5.41, 5.74) is 0.636. The van der Waals surface area contributed by atoms with E-state index in [1.165, 1.54) is 6.07 Å². The van der Waals surface area contributed by atoms with Gasteiger partial charge in [0.15, 0.2) is 0 Å². The molecule has 0 aliphatic carbocycles. The molecule has 0 saturated carbocycles. The highest BCUT2D eigenvalue weighted by molar-refractivity contribution is 6.34. The molecule has 1 aromatic carbocycles. The Labute approximate surface area is 104 Å². The van der Waals surface area contributed by atoms with Gasteiger partial charge in [-0.3, -0.25) is 4.79 Å². The summed E-state index contributed by atoms with van der Waals surface area (Å²) < 4.78 is 4.79. The Morgan fingerprint density at radius 1 is 1.44 bits per heavy atom. The predicted octanol–water partition coefficient (Wildman–Crippen LogP) is 2.97. The van der Waals surface area contributed by atoms with Gasteiger partial charge in [-0.2, -0.15) is 5.26 Å². The second-order valence-electron chi connectivity index (χ2n) is 2.98. The van der Waals surface area contributed by atoms with Gasteiger partial charge in [0.1, 0.15) is 6.07 Å². The van der Waals surface area contributed by atoms with Gasteiger partial charge in [-0.15, -0.1) is 0 Å². The molecule has 0 amide bonds. The van der Waals surface area contributed by atoms with E-state index >= 15 is 0 Å². The first kappa shape index (κ1) is 12.8. The minimum absolute atomic E-state index is 0.0455. The van der Waals surface area contributed by atoms with E-state index < -0.39 is 5.97 Å². The molecule has 0 atom stereocenters. The smallest absolute Gasteiger partial charge is 0.310 e. The molecule has 3 nitrogen and oxygen atoms in total. The third kappa shape index (κ3) is 2.88. The van der Waals surface area contributed by atoms with Gasteiger partial charge in [0.25, 0.3) is 0 Å². The Kier molecular flexibility index (Phi) is 4.60. The average Bonchev–Trinajstić information content (AvgIpc) is 2.24. The standard InChI is InChI=1S/C11H9Cl2NO2/c1-2-16-11(15)5-7-8(6-14)10(13)4-3-9(7)12/h3-4H,2,5H2,1H3. The van der Waals surface area contributed by atoms with Gasteiger partial charge in [-0.1, -0.05) is 23.2 Å². The van der Waals surface area contributed by atoms with Crippen LogP contribution in [0.2, 0.25) is 10.0 Å². The largest absolute Gasteiger partial charge is 0.466 e. The van der Waals surface area contributed by atoms with Crippen LogP contribution >= 0.6 is 23.2 Å². The van der Waals surface area contributed by atoms with E-state index in [9.17, 15) is 4.79 Å². The lowest BCUT2D eigenvalue weighted by Crippen LogP contribution is -2.09. The third-order valence-electron chi connectivity index (χ3n) is 1.94. The van der Waals surface area contributed by atoms with Gasteiger partial charge in [0.2, 0.25) is 0 Å². The van der Waals surface area contributed by atoms with Crippen LogP contribution in [0.4, 0.5) is 0 Å². The first-order valence-electron chi connectivity index (χ1n) is 4.62. The molecular weight excluding hydrogens is 249 g/mol. The SMILES string of the molecule is CCOC(=O)Cc1c(Cl)ccc(Cl)c1C#N. The summed E-state index contributed by atoms with van der Waals surface area (Å²) in [7, 11) is 0. The normalized spacial score (nSPS) is 9.62. The fourth-order valence-electron chi connectivity index (χ4n) is 1.24. The lowest BCUT2D eigenvalue weighted by Gasteiger charge is -2.07. The molecular formula is C11H9Cl2NO2. The van der Waals surface area contributed by atoms with Gasteiger partial charge in [0.05, 0.1) is 23.6 Å². The molecule has 0 spiro atoms. The van der Waals surface area contributed by atoms with Gasteiger partial charge in [-0.25, -0.2) is 0 Å². The molecule has 1 rings (SSSR count). The lowest BCUT2D eigenvalue weighted by atomic mass is 10.1. The second-order valence-corrected chi connectivity index (χ2v) is 3.79. The maximum absolute atomic E-state index is 11.3. The van der Waals surface area contributed by atoms with Crippen LogP contribution in [0, 0.1) is 11.3 Å². The summed E-state index contributed by atoms with van der Waals surface area (Å²) in [5.74, 6) is -0.428. The molecule has 0 unspecified atom stereocenters. The molecule has 84 valence electrons. The maximum atomic E-state index is 11.3. The molecule has 0 bridgehead atoms. The topological polar surface area (TPSA) is 50.1 Å². The number of nitriles is 1. The number of hydrogen-bond donors (Lipinski definition) is 0. The predicted molar refractivity (Wildman–Crippen MR) is 61.5 cm³/mol. The summed E-state index contributed by atoms with van der Waals surface area (Å²) >= 11 is 11.7. The molecule has 1 aromatic rings. The van der Waals surface area contributed by atoms with Crippen molar-refractivity contribution in [1.29, 1.82) is 5.26 Å². The number of carbonyl (C=O) groups excluding carboxylic acids is 1. The van der Waals surface area contributed by atoms with E-state index in [0.717, 1.165) is 0 Å². The molecule has 0 aliphatic rings. The number of carbonyl (C=O) groups is 1. The molecule has 0 aliphatic heterocycles. The number of benzene rings is 1. The van der Waals surface area contributed by atoms with Crippen LogP contribution in [0.5, 0.6) is 0 Å². The first-order valence-corrected chi connectivity index (χ1v) is 5.38. The van der Waals surface area contributed by atoms with Gasteiger partial charge >= 0.3 is 5.97 Å². The Morgan fingerprint density at radius 3 is 2.62 bits per heavy atom. The van der Waals surface area contributed by atoms with Crippen LogP contribution in [0.1, 0.15) is 18.1 Å². The zero-order valence-electron chi connectivity index (χ0n) is 8.59. The summed E-state index contributed by atoms with van der Waals surface area (Å²) in [6.07, 6.45) is -0.0455. The van der Waals surface area contributed by atoms with Crippen LogP contribution < -0.4 is 0 Å². The summed E-state index contributed by atoms with van der Waals surface area (Å²) in [6, 6.07) is 5.01. The van der Waals surface area contributed by atoms with E-state index in [1.54, 1.807) is 13.0 Å². The summed E-state index contributed by atoms with van der Waals surface area (Å²) in [4.78, 5) is 11.3. The van der Waals surface area contributed by atoms with Crippen LogP contribution in [0.3, 0.4) is 0 Å². The highest BCUT2D eigenvalue weighted by atomic mass is 35.5. The Bertz CT molecular complexity index is 452. The zero-order chi connectivity index (χ0) is 12.1. The number of halogens is 2. The van der Waals surface area contributed by atoms with Crippen molar-refractivity contribution < 1.29 is 9.53 Å². The van der Waals surface area contributed by atoms with Crippen molar-refractivity contribution >= 4 is 29.2 Å².